The highest BCUT2D eigenvalue weighted by atomic mass is 35.5. The van der Waals surface area contributed by atoms with Crippen molar-refractivity contribution >= 4 is 28.8 Å². The summed E-state index contributed by atoms with van der Waals surface area (Å²) in [6.45, 7) is 4.09. The van der Waals surface area contributed by atoms with Crippen LogP contribution in [0.5, 0.6) is 0 Å². The third kappa shape index (κ3) is 3.82. The van der Waals surface area contributed by atoms with E-state index in [1.165, 1.54) is 4.88 Å². The molecule has 7 heteroatoms. The minimum absolute atomic E-state index is 0.207. The summed E-state index contributed by atoms with van der Waals surface area (Å²) in [5, 5.41) is 7.45. The van der Waals surface area contributed by atoms with Crippen LogP contribution in [-0.4, -0.2) is 24.7 Å². The average Bonchev–Trinajstić information content (AvgIpc) is 3.22. The van der Waals surface area contributed by atoms with Crippen molar-refractivity contribution in [2.24, 2.45) is 0 Å². The van der Waals surface area contributed by atoms with Gasteiger partial charge in [-0.25, -0.2) is 0 Å². The van der Waals surface area contributed by atoms with Gasteiger partial charge in [0.1, 0.15) is 23.1 Å². The first kappa shape index (κ1) is 18.6. The Morgan fingerprint density at radius 2 is 2.08 bits per heavy atom. The smallest absolute Gasteiger partial charge is 0.257 e. The summed E-state index contributed by atoms with van der Waals surface area (Å²) in [6, 6.07) is 11.3. The van der Waals surface area contributed by atoms with Crippen LogP contribution in [0.4, 0.5) is 0 Å². The molecule has 1 atom stereocenters. The molecule has 136 valence electrons. The molecule has 0 fully saturated rings. The van der Waals surface area contributed by atoms with Crippen LogP contribution in [0.2, 0.25) is 5.02 Å². The van der Waals surface area contributed by atoms with E-state index >= 15 is 0 Å². The number of aryl methyl sites for hydroxylation is 2. The van der Waals surface area contributed by atoms with Crippen molar-refractivity contribution in [1.29, 1.82) is 0 Å². The fourth-order valence-corrected chi connectivity index (χ4v) is 3.86. The zero-order valence-electron chi connectivity index (χ0n) is 14.7. The van der Waals surface area contributed by atoms with Crippen molar-refractivity contribution in [3.05, 3.63) is 62.5 Å². The first-order valence-electron chi connectivity index (χ1n) is 8.09. The number of halogens is 1. The van der Waals surface area contributed by atoms with E-state index in [0.29, 0.717) is 34.1 Å². The fourth-order valence-electron chi connectivity index (χ4n) is 2.68. The second kappa shape index (κ2) is 8.03. The molecule has 1 unspecified atom stereocenters. The van der Waals surface area contributed by atoms with E-state index in [4.69, 9.17) is 20.9 Å². The molecule has 0 saturated carbocycles. The fraction of sp³-hybridized carbons (Fsp3) is 0.263. The first-order valence-corrected chi connectivity index (χ1v) is 9.29. The lowest BCUT2D eigenvalue weighted by atomic mass is 10.1. The molecule has 0 aliphatic carbocycles. The number of ether oxygens (including phenoxy) is 1. The molecule has 0 spiro atoms. The zero-order chi connectivity index (χ0) is 18.7. The Labute approximate surface area is 160 Å². The number of amides is 1. The van der Waals surface area contributed by atoms with Crippen molar-refractivity contribution < 1.29 is 14.1 Å². The number of methoxy groups -OCH3 is 1. The lowest BCUT2D eigenvalue weighted by Gasteiger charge is -2.14. The molecule has 3 rings (SSSR count). The van der Waals surface area contributed by atoms with E-state index in [-0.39, 0.29) is 12.0 Å². The van der Waals surface area contributed by atoms with Gasteiger partial charge in [0.2, 0.25) is 0 Å². The summed E-state index contributed by atoms with van der Waals surface area (Å²) in [7, 11) is 1.63. The maximum atomic E-state index is 12.8. The molecule has 0 saturated heterocycles. The van der Waals surface area contributed by atoms with Crippen LogP contribution in [0.25, 0.3) is 11.3 Å². The van der Waals surface area contributed by atoms with Crippen LogP contribution >= 0.6 is 22.9 Å². The minimum atomic E-state index is -0.269. The Kier molecular flexibility index (Phi) is 5.76. The summed E-state index contributed by atoms with van der Waals surface area (Å²) in [5.74, 6) is 0.173. The molecule has 1 aromatic carbocycles. The Balaban J connectivity index is 1.80. The number of nitrogens with one attached hydrogen (secondary N) is 1. The highest BCUT2D eigenvalue weighted by Gasteiger charge is 2.24. The van der Waals surface area contributed by atoms with Gasteiger partial charge >= 0.3 is 0 Å². The third-order valence-electron chi connectivity index (χ3n) is 4.03. The molecule has 5 nitrogen and oxygen atoms in total. The number of thiophene rings is 1. The summed E-state index contributed by atoms with van der Waals surface area (Å²) < 4.78 is 10.8. The van der Waals surface area contributed by atoms with Gasteiger partial charge in [0.25, 0.3) is 5.91 Å². The average molecular weight is 391 g/mol. The maximum absolute atomic E-state index is 12.8. The molecule has 3 aromatic rings. The molecule has 2 heterocycles. The molecular weight excluding hydrogens is 372 g/mol. The van der Waals surface area contributed by atoms with Crippen molar-refractivity contribution in [3.8, 4) is 11.3 Å². The summed E-state index contributed by atoms with van der Waals surface area (Å²) >= 11 is 7.90. The van der Waals surface area contributed by atoms with Gasteiger partial charge in [-0.05, 0) is 32.0 Å². The Hall–Kier alpha value is -2.15. The molecule has 1 amide bonds. The highest BCUT2D eigenvalue weighted by Crippen LogP contribution is 2.31. The van der Waals surface area contributed by atoms with Crippen LogP contribution in [-0.2, 0) is 4.74 Å². The van der Waals surface area contributed by atoms with Crippen molar-refractivity contribution in [2.45, 2.75) is 20.0 Å². The number of hydrogen-bond acceptors (Lipinski definition) is 5. The molecule has 0 aliphatic heterocycles. The van der Waals surface area contributed by atoms with Crippen LogP contribution in [0.15, 0.2) is 40.9 Å². The molecule has 1 N–H and O–H groups in total. The van der Waals surface area contributed by atoms with Gasteiger partial charge in [-0.3, -0.25) is 4.79 Å². The lowest BCUT2D eigenvalue weighted by Crippen LogP contribution is -2.29. The van der Waals surface area contributed by atoms with Crippen molar-refractivity contribution in [3.63, 3.8) is 0 Å². The number of nitrogens with zero attached hydrogens (tertiary/aromatic N) is 1. The number of rotatable bonds is 6. The maximum Gasteiger partial charge on any atom is 0.257 e. The van der Waals surface area contributed by atoms with E-state index < -0.39 is 0 Å². The van der Waals surface area contributed by atoms with Crippen LogP contribution in [0, 0.1) is 13.8 Å². The number of carbonyl (C=O) groups excluding carboxylic acids is 1. The van der Waals surface area contributed by atoms with Crippen LogP contribution < -0.4 is 5.32 Å². The van der Waals surface area contributed by atoms with E-state index in [1.807, 2.05) is 37.3 Å². The van der Waals surface area contributed by atoms with Crippen molar-refractivity contribution in [2.75, 3.05) is 13.7 Å². The second-order valence-electron chi connectivity index (χ2n) is 5.82. The monoisotopic (exact) mass is 390 g/mol. The summed E-state index contributed by atoms with van der Waals surface area (Å²) in [6.07, 6.45) is -0.207. The number of benzene rings is 1. The quantitative estimate of drug-likeness (QED) is 0.657. The van der Waals surface area contributed by atoms with Gasteiger partial charge in [0.05, 0.1) is 5.02 Å². The van der Waals surface area contributed by atoms with Gasteiger partial charge in [-0.1, -0.05) is 35.0 Å². The molecule has 0 radical (unpaired) electrons. The van der Waals surface area contributed by atoms with E-state index in [9.17, 15) is 4.79 Å². The van der Waals surface area contributed by atoms with Gasteiger partial charge in [-0.2, -0.15) is 0 Å². The Morgan fingerprint density at radius 1 is 1.31 bits per heavy atom. The minimum Gasteiger partial charge on any atom is -0.374 e. The standard InChI is InChI=1S/C19H19ClN2O3S/c1-11-8-9-16(26-11)15(24-3)10-21-19(23)17-12(2)25-22-18(17)13-6-4-5-7-14(13)20/h4-9,15H,10H2,1-3H3,(H,21,23). The van der Waals surface area contributed by atoms with Crippen molar-refractivity contribution in [1.82, 2.24) is 10.5 Å². The Bertz CT molecular complexity index is 919. The predicted octanol–water partition coefficient (Wildman–Crippen LogP) is 4.79. The molecule has 26 heavy (non-hydrogen) atoms. The van der Waals surface area contributed by atoms with Crippen LogP contribution in [0.3, 0.4) is 0 Å². The highest BCUT2D eigenvalue weighted by molar-refractivity contribution is 7.12. The van der Waals surface area contributed by atoms with E-state index in [2.05, 4.69) is 10.5 Å². The summed E-state index contributed by atoms with van der Waals surface area (Å²) in [4.78, 5) is 15.0. The molecule has 0 bridgehead atoms. The number of hydrogen-bond donors (Lipinski definition) is 1. The predicted molar refractivity (Wildman–Crippen MR) is 103 cm³/mol. The van der Waals surface area contributed by atoms with Crippen LogP contribution in [0.1, 0.15) is 32.0 Å². The largest absolute Gasteiger partial charge is 0.374 e. The van der Waals surface area contributed by atoms with Gasteiger partial charge in [-0.15, -0.1) is 11.3 Å². The van der Waals surface area contributed by atoms with Gasteiger partial charge < -0.3 is 14.6 Å². The number of carbonyl (C=O) groups is 1. The SMILES string of the molecule is COC(CNC(=O)c1c(-c2ccccc2Cl)noc1C)c1ccc(C)s1. The molecule has 2 aromatic heterocycles. The van der Waals surface area contributed by atoms with Gasteiger partial charge in [0, 0.05) is 29.0 Å². The third-order valence-corrected chi connectivity index (χ3v) is 5.45. The molecule has 0 aliphatic rings. The van der Waals surface area contributed by atoms with Gasteiger partial charge in [0.15, 0.2) is 0 Å². The normalized spacial score (nSPS) is 12.2. The Morgan fingerprint density at radius 3 is 2.73 bits per heavy atom. The summed E-state index contributed by atoms with van der Waals surface area (Å²) in [5.41, 5.74) is 1.48. The molecular formula is C19H19ClN2O3S. The van der Waals surface area contributed by atoms with E-state index in [1.54, 1.807) is 31.4 Å². The second-order valence-corrected chi connectivity index (χ2v) is 7.55. The lowest BCUT2D eigenvalue weighted by molar-refractivity contribution is 0.0837. The first-order chi connectivity index (χ1) is 12.5. The topological polar surface area (TPSA) is 64.4 Å². The zero-order valence-corrected chi connectivity index (χ0v) is 16.3. The van der Waals surface area contributed by atoms with E-state index in [0.717, 1.165) is 4.88 Å². The number of aromatic nitrogens is 1.